The van der Waals surface area contributed by atoms with Gasteiger partial charge in [0.1, 0.15) is 11.7 Å². The smallest absolute Gasteiger partial charge is 0.384 e. The van der Waals surface area contributed by atoms with E-state index in [-0.39, 0.29) is 25.3 Å². The summed E-state index contributed by atoms with van der Waals surface area (Å²) >= 11 is 0. The molecule has 0 aliphatic carbocycles. The summed E-state index contributed by atoms with van der Waals surface area (Å²) in [7, 11) is 0. The second-order valence-electron chi connectivity index (χ2n) is 5.81. The number of carbonyl (C=O) groups excluding carboxylic acids is 1. The zero-order chi connectivity index (χ0) is 17.3. The number of nitrogens with zero attached hydrogens (tertiary/aromatic N) is 1. The normalized spacial score (nSPS) is 22.6. The lowest BCUT2D eigenvalue weighted by molar-refractivity contribution is -0.142. The molecule has 0 unspecified atom stereocenters. The van der Waals surface area contributed by atoms with Gasteiger partial charge >= 0.3 is 6.18 Å². The number of amides is 1. The van der Waals surface area contributed by atoms with Crippen molar-refractivity contribution in [3.05, 3.63) is 35.4 Å². The maximum absolute atomic E-state index is 13.1. The molecule has 128 valence electrons. The minimum absolute atomic E-state index is 0.0623. The highest BCUT2D eigenvalue weighted by atomic mass is 19.4. The molecule has 1 aromatic carbocycles. The Hall–Kier alpha value is -1.64. The van der Waals surface area contributed by atoms with Gasteiger partial charge in [0.2, 0.25) is 5.91 Å². The average molecular weight is 332 g/mol. The van der Waals surface area contributed by atoms with Crippen LogP contribution in [0.2, 0.25) is 0 Å². The van der Waals surface area contributed by atoms with Gasteiger partial charge in [0.15, 0.2) is 0 Å². The van der Waals surface area contributed by atoms with E-state index >= 15 is 0 Å². The van der Waals surface area contributed by atoms with Gasteiger partial charge in [-0.1, -0.05) is 18.2 Å². The van der Waals surface area contributed by atoms with E-state index in [0.717, 1.165) is 6.07 Å². The first-order valence-corrected chi connectivity index (χ1v) is 7.13. The SMILES string of the molecule is C[C@](O)(CN1CCO[C@@H](C(N)=O)C1)c1ccccc1C(F)(F)F. The fraction of sp³-hybridized carbons (Fsp3) is 0.533. The van der Waals surface area contributed by atoms with Crippen LogP contribution < -0.4 is 5.73 Å². The number of nitrogens with two attached hydrogens (primary N) is 1. The number of halogens is 3. The van der Waals surface area contributed by atoms with Crippen molar-refractivity contribution < 1.29 is 27.8 Å². The fourth-order valence-electron chi connectivity index (χ4n) is 2.74. The van der Waals surface area contributed by atoms with Crippen LogP contribution in [0.1, 0.15) is 18.1 Å². The van der Waals surface area contributed by atoms with Gasteiger partial charge in [-0.25, -0.2) is 0 Å². The monoisotopic (exact) mass is 332 g/mol. The maximum atomic E-state index is 13.1. The molecule has 0 aromatic heterocycles. The van der Waals surface area contributed by atoms with Gasteiger partial charge in [-0.2, -0.15) is 13.2 Å². The van der Waals surface area contributed by atoms with Crippen molar-refractivity contribution in [3.63, 3.8) is 0 Å². The molecule has 23 heavy (non-hydrogen) atoms. The number of aliphatic hydroxyl groups is 1. The minimum atomic E-state index is -4.55. The number of hydrogen-bond donors (Lipinski definition) is 2. The van der Waals surface area contributed by atoms with E-state index in [9.17, 15) is 23.1 Å². The molecule has 3 N–H and O–H groups in total. The third kappa shape index (κ3) is 4.21. The molecule has 0 saturated carbocycles. The molecule has 1 aromatic rings. The van der Waals surface area contributed by atoms with Crippen molar-refractivity contribution in [2.45, 2.75) is 24.8 Å². The van der Waals surface area contributed by atoms with Gasteiger partial charge in [-0.3, -0.25) is 9.69 Å². The van der Waals surface area contributed by atoms with Crippen LogP contribution in [0, 0.1) is 0 Å². The number of primary amides is 1. The summed E-state index contributed by atoms with van der Waals surface area (Å²) in [6.45, 7) is 2.03. The molecule has 1 heterocycles. The molecular weight excluding hydrogens is 313 g/mol. The molecule has 2 rings (SSSR count). The maximum Gasteiger partial charge on any atom is 0.416 e. The van der Waals surface area contributed by atoms with E-state index in [1.54, 1.807) is 4.90 Å². The van der Waals surface area contributed by atoms with Crippen molar-refractivity contribution in [3.8, 4) is 0 Å². The molecule has 1 saturated heterocycles. The van der Waals surface area contributed by atoms with E-state index in [1.165, 1.54) is 25.1 Å². The molecule has 0 radical (unpaired) electrons. The second-order valence-corrected chi connectivity index (χ2v) is 5.81. The third-order valence-corrected chi connectivity index (χ3v) is 3.81. The lowest BCUT2D eigenvalue weighted by Gasteiger charge is -2.37. The van der Waals surface area contributed by atoms with Crippen LogP contribution in [0.5, 0.6) is 0 Å². The standard InChI is InChI=1S/C15H19F3N2O3/c1-14(22,9-20-6-7-23-12(8-20)13(19)21)10-4-2-3-5-11(10)15(16,17)18/h2-5,12,22H,6-9H2,1H3,(H2,19,21)/t12-,14+/m1/s1. The second kappa shape index (κ2) is 6.46. The number of β-amino-alcohol motifs (C(OH)–C–C–N with tert-alkyl or cyclic N) is 1. The Morgan fingerprint density at radius 2 is 2.00 bits per heavy atom. The molecular formula is C15H19F3N2O3. The lowest BCUT2D eigenvalue weighted by Crippen LogP contribution is -2.52. The molecule has 1 aliphatic rings. The van der Waals surface area contributed by atoms with Gasteiger partial charge in [0, 0.05) is 19.6 Å². The van der Waals surface area contributed by atoms with Crippen molar-refractivity contribution >= 4 is 5.91 Å². The predicted molar refractivity (Wildman–Crippen MR) is 76.4 cm³/mol. The van der Waals surface area contributed by atoms with E-state index in [0.29, 0.717) is 6.54 Å². The summed E-state index contributed by atoms with van der Waals surface area (Å²) in [6, 6.07) is 4.93. The van der Waals surface area contributed by atoms with Crippen molar-refractivity contribution in [2.24, 2.45) is 5.73 Å². The topological polar surface area (TPSA) is 75.8 Å². The first-order chi connectivity index (χ1) is 10.6. The minimum Gasteiger partial charge on any atom is -0.384 e. The van der Waals surface area contributed by atoms with Gasteiger partial charge in [-0.05, 0) is 18.6 Å². The Labute approximate surface area is 131 Å². The lowest BCUT2D eigenvalue weighted by atomic mass is 9.90. The van der Waals surface area contributed by atoms with E-state index in [1.807, 2.05) is 0 Å². The summed E-state index contributed by atoms with van der Waals surface area (Å²) in [4.78, 5) is 12.9. The van der Waals surface area contributed by atoms with Crippen molar-refractivity contribution in [2.75, 3.05) is 26.2 Å². The summed E-state index contributed by atoms with van der Waals surface area (Å²) < 4.78 is 44.5. The van der Waals surface area contributed by atoms with Crippen LogP contribution >= 0.6 is 0 Å². The van der Waals surface area contributed by atoms with Crippen LogP contribution in [0.25, 0.3) is 0 Å². The van der Waals surface area contributed by atoms with Gasteiger partial charge in [0.25, 0.3) is 0 Å². The molecule has 1 aliphatic heterocycles. The van der Waals surface area contributed by atoms with Crippen LogP contribution in [-0.4, -0.2) is 48.3 Å². The van der Waals surface area contributed by atoms with Crippen molar-refractivity contribution in [1.82, 2.24) is 4.90 Å². The molecule has 2 atom stereocenters. The fourth-order valence-corrected chi connectivity index (χ4v) is 2.74. The largest absolute Gasteiger partial charge is 0.416 e. The molecule has 8 heteroatoms. The van der Waals surface area contributed by atoms with Gasteiger partial charge in [-0.15, -0.1) is 0 Å². The highest BCUT2D eigenvalue weighted by Crippen LogP contribution is 2.37. The highest BCUT2D eigenvalue weighted by Gasteiger charge is 2.39. The number of morpholine rings is 1. The first kappa shape index (κ1) is 17.7. The van der Waals surface area contributed by atoms with E-state index in [2.05, 4.69) is 0 Å². The Bertz CT molecular complexity index is 575. The van der Waals surface area contributed by atoms with Gasteiger partial charge < -0.3 is 15.6 Å². The number of rotatable bonds is 4. The number of benzene rings is 1. The van der Waals surface area contributed by atoms with E-state index in [4.69, 9.17) is 10.5 Å². The molecule has 5 nitrogen and oxygen atoms in total. The highest BCUT2D eigenvalue weighted by molar-refractivity contribution is 5.79. The quantitative estimate of drug-likeness (QED) is 0.866. The third-order valence-electron chi connectivity index (χ3n) is 3.81. The Balaban J connectivity index is 2.21. The van der Waals surface area contributed by atoms with Crippen LogP contribution in [0.3, 0.4) is 0 Å². The first-order valence-electron chi connectivity index (χ1n) is 7.13. The summed E-state index contributed by atoms with van der Waals surface area (Å²) in [5.41, 5.74) is 2.38. The van der Waals surface area contributed by atoms with Crippen LogP contribution in [0.15, 0.2) is 24.3 Å². The summed E-state index contributed by atoms with van der Waals surface area (Å²) in [5.74, 6) is -0.634. The average Bonchev–Trinajstić information content (AvgIpc) is 2.46. The number of hydrogen-bond acceptors (Lipinski definition) is 4. The summed E-state index contributed by atoms with van der Waals surface area (Å²) in [5, 5.41) is 10.6. The Morgan fingerprint density at radius 3 is 2.57 bits per heavy atom. The summed E-state index contributed by atoms with van der Waals surface area (Å²) in [6.07, 6.45) is -5.38. The zero-order valence-corrected chi connectivity index (χ0v) is 12.6. The molecule has 1 amide bonds. The van der Waals surface area contributed by atoms with E-state index < -0.39 is 29.4 Å². The zero-order valence-electron chi connectivity index (χ0n) is 12.6. The molecule has 1 fully saturated rings. The van der Waals surface area contributed by atoms with Gasteiger partial charge in [0.05, 0.1) is 12.2 Å². The van der Waals surface area contributed by atoms with Crippen LogP contribution in [-0.2, 0) is 21.3 Å². The number of carbonyl (C=O) groups is 1. The Morgan fingerprint density at radius 1 is 1.39 bits per heavy atom. The number of ether oxygens (including phenoxy) is 1. The molecule has 0 bridgehead atoms. The number of alkyl halides is 3. The predicted octanol–water partition coefficient (Wildman–Crippen LogP) is 1.10. The molecule has 0 spiro atoms. The van der Waals surface area contributed by atoms with Crippen molar-refractivity contribution in [1.29, 1.82) is 0 Å². The Kier molecular flexibility index (Phi) is 4.98. The van der Waals surface area contributed by atoms with Crippen LogP contribution in [0.4, 0.5) is 13.2 Å².